The lowest BCUT2D eigenvalue weighted by molar-refractivity contribution is 0.266. The first-order valence-corrected chi connectivity index (χ1v) is 5.10. The number of nitrogens with one attached hydrogen (secondary N) is 1. The summed E-state index contributed by atoms with van der Waals surface area (Å²) in [4.78, 5) is 0. The Morgan fingerprint density at radius 2 is 2.21 bits per heavy atom. The summed E-state index contributed by atoms with van der Waals surface area (Å²) in [7, 11) is 0. The summed E-state index contributed by atoms with van der Waals surface area (Å²) in [5.74, 6) is 1.88. The van der Waals surface area contributed by atoms with E-state index in [0.717, 1.165) is 24.5 Å². The summed E-state index contributed by atoms with van der Waals surface area (Å²) >= 11 is 0. The average Bonchev–Trinajstić information content (AvgIpc) is 2.45. The highest BCUT2D eigenvalue weighted by Gasteiger charge is 2.15. The minimum absolute atomic E-state index is 0.196. The summed E-state index contributed by atoms with van der Waals surface area (Å²) in [5.41, 5.74) is 1.17. The summed E-state index contributed by atoms with van der Waals surface area (Å²) < 4.78 is 5.47. The van der Waals surface area contributed by atoms with Crippen LogP contribution < -0.4 is 5.32 Å². The van der Waals surface area contributed by atoms with E-state index in [1.807, 2.05) is 19.9 Å². The normalized spacial score (nSPS) is 13.1. The Labute approximate surface area is 85.1 Å². The highest BCUT2D eigenvalue weighted by molar-refractivity contribution is 5.24. The number of hydrogen-bond donors (Lipinski definition) is 2. The molecule has 80 valence electrons. The van der Waals surface area contributed by atoms with E-state index in [1.165, 1.54) is 5.56 Å². The first kappa shape index (κ1) is 11.3. The van der Waals surface area contributed by atoms with Crippen LogP contribution >= 0.6 is 0 Å². The first-order chi connectivity index (χ1) is 6.69. The molecule has 0 aliphatic rings. The van der Waals surface area contributed by atoms with Gasteiger partial charge in [-0.3, -0.25) is 0 Å². The minimum atomic E-state index is 0.196. The van der Waals surface area contributed by atoms with E-state index < -0.39 is 0 Å². The smallest absolute Gasteiger partial charge is 0.105 e. The van der Waals surface area contributed by atoms with Gasteiger partial charge in [-0.15, -0.1) is 0 Å². The lowest BCUT2D eigenvalue weighted by Gasteiger charge is -2.15. The molecule has 3 heteroatoms. The van der Waals surface area contributed by atoms with Crippen LogP contribution in [0.25, 0.3) is 0 Å². The van der Waals surface area contributed by atoms with Crippen LogP contribution in [-0.4, -0.2) is 18.3 Å². The van der Waals surface area contributed by atoms with Crippen molar-refractivity contribution < 1.29 is 9.52 Å². The van der Waals surface area contributed by atoms with E-state index >= 15 is 0 Å². The van der Waals surface area contributed by atoms with Gasteiger partial charge < -0.3 is 14.8 Å². The van der Waals surface area contributed by atoms with E-state index in [9.17, 15) is 0 Å². The van der Waals surface area contributed by atoms with E-state index in [-0.39, 0.29) is 12.6 Å². The van der Waals surface area contributed by atoms with Crippen LogP contribution in [0.4, 0.5) is 0 Å². The molecule has 3 nitrogen and oxygen atoms in total. The monoisotopic (exact) mass is 197 g/mol. The van der Waals surface area contributed by atoms with E-state index in [0.29, 0.717) is 0 Å². The van der Waals surface area contributed by atoms with Gasteiger partial charge in [-0.1, -0.05) is 6.92 Å². The highest BCUT2D eigenvalue weighted by Crippen LogP contribution is 2.23. The molecule has 0 fully saturated rings. The van der Waals surface area contributed by atoms with Gasteiger partial charge in [0.25, 0.3) is 0 Å². The maximum Gasteiger partial charge on any atom is 0.105 e. The molecule has 1 aromatic heterocycles. The maximum absolute atomic E-state index is 8.95. The number of furan rings is 1. The van der Waals surface area contributed by atoms with E-state index in [4.69, 9.17) is 9.52 Å². The van der Waals surface area contributed by atoms with Crippen LogP contribution in [0.2, 0.25) is 0 Å². The number of aliphatic hydroxyl groups is 1. The van der Waals surface area contributed by atoms with E-state index in [2.05, 4.69) is 12.2 Å². The molecule has 0 aromatic carbocycles. The molecule has 0 aliphatic heterocycles. The fourth-order valence-electron chi connectivity index (χ4n) is 1.74. The van der Waals surface area contributed by atoms with Crippen LogP contribution in [0.5, 0.6) is 0 Å². The molecule has 0 amide bonds. The molecule has 0 bridgehead atoms. The quantitative estimate of drug-likeness (QED) is 0.758. The number of aryl methyl sites for hydroxylation is 2. The molecule has 0 radical (unpaired) electrons. The fraction of sp³-hybridized carbons (Fsp3) is 0.636. The van der Waals surface area contributed by atoms with Crippen molar-refractivity contribution in [1.29, 1.82) is 0 Å². The van der Waals surface area contributed by atoms with Crippen molar-refractivity contribution in [1.82, 2.24) is 5.32 Å². The van der Waals surface area contributed by atoms with Crippen LogP contribution in [0.3, 0.4) is 0 Å². The maximum atomic E-state index is 8.95. The average molecular weight is 197 g/mol. The van der Waals surface area contributed by atoms with Gasteiger partial charge >= 0.3 is 0 Å². The van der Waals surface area contributed by atoms with Gasteiger partial charge in [0.1, 0.15) is 11.5 Å². The molecule has 1 heterocycles. The van der Waals surface area contributed by atoms with Gasteiger partial charge in [0, 0.05) is 18.2 Å². The molecule has 0 aliphatic carbocycles. The molecular weight excluding hydrogens is 178 g/mol. The second-order valence-electron chi connectivity index (χ2n) is 3.49. The van der Waals surface area contributed by atoms with Crippen molar-refractivity contribution in [3.8, 4) is 0 Å². The van der Waals surface area contributed by atoms with Gasteiger partial charge in [-0.25, -0.2) is 0 Å². The first-order valence-electron chi connectivity index (χ1n) is 5.10. The van der Waals surface area contributed by atoms with Crippen LogP contribution in [0.15, 0.2) is 10.5 Å². The summed E-state index contributed by atoms with van der Waals surface area (Å²) in [6.07, 6.45) is 0.730. The Kier molecular flexibility index (Phi) is 4.17. The zero-order valence-electron chi connectivity index (χ0n) is 9.13. The zero-order valence-corrected chi connectivity index (χ0v) is 9.13. The summed E-state index contributed by atoms with van der Waals surface area (Å²) in [5, 5.41) is 12.3. The van der Waals surface area contributed by atoms with Crippen molar-refractivity contribution in [2.45, 2.75) is 33.2 Å². The molecule has 0 spiro atoms. The summed E-state index contributed by atoms with van der Waals surface area (Å²) in [6.45, 7) is 7.06. The number of rotatable bonds is 5. The van der Waals surface area contributed by atoms with Crippen LogP contribution in [0, 0.1) is 13.8 Å². The Hall–Kier alpha value is -0.800. The van der Waals surface area contributed by atoms with Gasteiger partial charge in [-0.2, -0.15) is 0 Å². The molecular formula is C11H19NO2. The molecule has 1 unspecified atom stereocenters. The van der Waals surface area contributed by atoms with Crippen molar-refractivity contribution in [2.24, 2.45) is 0 Å². The Bertz CT molecular complexity index is 275. The topological polar surface area (TPSA) is 45.4 Å². The SMILES string of the molecule is CCNC(CCO)c1cc(C)oc1C. The second kappa shape index (κ2) is 5.17. The highest BCUT2D eigenvalue weighted by atomic mass is 16.3. The largest absolute Gasteiger partial charge is 0.466 e. The third-order valence-electron chi connectivity index (χ3n) is 2.32. The standard InChI is InChI=1S/C11H19NO2/c1-4-12-11(5-6-13)10-7-8(2)14-9(10)3/h7,11-13H,4-6H2,1-3H3. The number of aliphatic hydroxyl groups excluding tert-OH is 1. The van der Waals surface area contributed by atoms with Crippen molar-refractivity contribution in [3.63, 3.8) is 0 Å². The Morgan fingerprint density at radius 3 is 2.64 bits per heavy atom. The van der Waals surface area contributed by atoms with Gasteiger partial charge in [0.2, 0.25) is 0 Å². The zero-order chi connectivity index (χ0) is 10.6. The molecule has 1 atom stereocenters. The number of hydrogen-bond acceptors (Lipinski definition) is 3. The van der Waals surface area contributed by atoms with Gasteiger partial charge in [0.15, 0.2) is 0 Å². The molecule has 14 heavy (non-hydrogen) atoms. The summed E-state index contributed by atoms with van der Waals surface area (Å²) in [6, 6.07) is 2.25. The van der Waals surface area contributed by atoms with Crippen molar-refractivity contribution in [3.05, 3.63) is 23.2 Å². The van der Waals surface area contributed by atoms with E-state index in [1.54, 1.807) is 0 Å². The lowest BCUT2D eigenvalue weighted by Crippen LogP contribution is -2.22. The minimum Gasteiger partial charge on any atom is -0.466 e. The molecule has 1 aromatic rings. The van der Waals surface area contributed by atoms with Gasteiger partial charge in [0.05, 0.1) is 0 Å². The molecule has 0 saturated heterocycles. The van der Waals surface area contributed by atoms with Gasteiger partial charge in [-0.05, 0) is 32.9 Å². The van der Waals surface area contributed by atoms with Crippen LogP contribution in [-0.2, 0) is 0 Å². The van der Waals surface area contributed by atoms with Crippen molar-refractivity contribution in [2.75, 3.05) is 13.2 Å². The van der Waals surface area contributed by atoms with Crippen LogP contribution in [0.1, 0.15) is 36.5 Å². The Balaban J connectivity index is 2.80. The Morgan fingerprint density at radius 1 is 1.50 bits per heavy atom. The third-order valence-corrected chi connectivity index (χ3v) is 2.32. The van der Waals surface area contributed by atoms with Crippen molar-refractivity contribution >= 4 is 0 Å². The molecule has 2 N–H and O–H groups in total. The lowest BCUT2D eigenvalue weighted by atomic mass is 10.0. The predicted molar refractivity (Wildman–Crippen MR) is 56.3 cm³/mol. The molecule has 0 saturated carbocycles. The fourth-order valence-corrected chi connectivity index (χ4v) is 1.74. The second-order valence-corrected chi connectivity index (χ2v) is 3.49. The predicted octanol–water partition coefficient (Wildman–Crippen LogP) is 1.93. The molecule has 1 rings (SSSR count). The third kappa shape index (κ3) is 2.59.